The lowest BCUT2D eigenvalue weighted by Gasteiger charge is -2.30. The number of rotatable bonds is 8. The second-order valence-corrected chi connectivity index (χ2v) is 5.32. The summed E-state index contributed by atoms with van der Waals surface area (Å²) in [6.45, 7) is -0.120. The number of hydrogen-bond acceptors (Lipinski definition) is 4. The van der Waals surface area contributed by atoms with Crippen molar-refractivity contribution in [2.45, 2.75) is 20.1 Å². The smallest absolute Gasteiger partial charge is 0.387 e. The van der Waals surface area contributed by atoms with Gasteiger partial charge in [0.05, 0.1) is 13.2 Å². The van der Waals surface area contributed by atoms with Gasteiger partial charge in [-0.15, -0.1) is 0 Å². The van der Waals surface area contributed by atoms with Crippen LogP contribution in [0.5, 0.6) is 5.75 Å². The zero-order valence-corrected chi connectivity index (χ0v) is 11.7. The molecule has 0 spiro atoms. The van der Waals surface area contributed by atoms with Crippen LogP contribution in [0.15, 0.2) is 24.3 Å². The van der Waals surface area contributed by atoms with Gasteiger partial charge >= 0.3 is 6.61 Å². The molecule has 0 saturated carbocycles. The van der Waals surface area contributed by atoms with Gasteiger partial charge < -0.3 is 19.8 Å². The third-order valence-electron chi connectivity index (χ3n) is 3.02. The van der Waals surface area contributed by atoms with Crippen molar-refractivity contribution in [2.75, 3.05) is 26.8 Å². The van der Waals surface area contributed by atoms with Gasteiger partial charge in [-0.1, -0.05) is 19.1 Å². The number of halogens is 2. The Kier molecular flexibility index (Phi) is 6.32. The Hall–Kier alpha value is -1.24. The maximum Gasteiger partial charge on any atom is 0.387 e. The molecule has 0 fully saturated rings. The third kappa shape index (κ3) is 5.40. The van der Waals surface area contributed by atoms with E-state index >= 15 is 0 Å². The monoisotopic (exact) mass is 289 g/mol. The van der Waals surface area contributed by atoms with Crippen molar-refractivity contribution in [1.82, 2.24) is 4.90 Å². The van der Waals surface area contributed by atoms with Crippen LogP contribution >= 0.6 is 0 Å². The molecule has 114 valence electrons. The molecule has 0 aliphatic heterocycles. The van der Waals surface area contributed by atoms with Gasteiger partial charge in [0.2, 0.25) is 0 Å². The average molecular weight is 289 g/mol. The Morgan fingerprint density at radius 3 is 2.20 bits per heavy atom. The lowest BCUT2D eigenvalue weighted by molar-refractivity contribution is -0.0498. The highest BCUT2D eigenvalue weighted by Gasteiger charge is 2.24. The van der Waals surface area contributed by atoms with Crippen molar-refractivity contribution in [3.63, 3.8) is 0 Å². The van der Waals surface area contributed by atoms with Crippen molar-refractivity contribution in [3.8, 4) is 5.75 Å². The van der Waals surface area contributed by atoms with Crippen LogP contribution in [0, 0.1) is 5.41 Å². The lowest BCUT2D eigenvalue weighted by atomic mass is 9.92. The molecular weight excluding hydrogens is 268 g/mol. The van der Waals surface area contributed by atoms with E-state index in [0.717, 1.165) is 5.56 Å². The minimum atomic E-state index is -2.82. The van der Waals surface area contributed by atoms with Crippen LogP contribution in [0.3, 0.4) is 0 Å². The number of benzene rings is 1. The fourth-order valence-electron chi connectivity index (χ4n) is 1.95. The van der Waals surface area contributed by atoms with Crippen molar-refractivity contribution >= 4 is 0 Å². The second-order valence-electron chi connectivity index (χ2n) is 5.32. The van der Waals surface area contributed by atoms with E-state index in [2.05, 4.69) is 4.74 Å². The first-order valence-electron chi connectivity index (χ1n) is 6.32. The van der Waals surface area contributed by atoms with E-state index in [4.69, 9.17) is 0 Å². The van der Waals surface area contributed by atoms with Crippen molar-refractivity contribution in [1.29, 1.82) is 0 Å². The summed E-state index contributed by atoms with van der Waals surface area (Å²) in [5.74, 6) is 0.127. The van der Waals surface area contributed by atoms with E-state index in [1.807, 2.05) is 11.9 Å². The molecule has 1 aromatic carbocycles. The van der Waals surface area contributed by atoms with Crippen molar-refractivity contribution in [3.05, 3.63) is 29.8 Å². The Labute approximate surface area is 117 Å². The SMILES string of the molecule is CN(Cc1ccc(OC(F)F)cc1)CC(C)(CO)CO. The number of nitrogens with zero attached hydrogens (tertiary/aromatic N) is 1. The largest absolute Gasteiger partial charge is 0.435 e. The molecule has 2 N–H and O–H groups in total. The van der Waals surface area contributed by atoms with Gasteiger partial charge in [0.15, 0.2) is 0 Å². The van der Waals surface area contributed by atoms with E-state index in [1.54, 1.807) is 19.1 Å². The molecule has 0 aromatic heterocycles. The summed E-state index contributed by atoms with van der Waals surface area (Å²) in [4.78, 5) is 1.95. The van der Waals surface area contributed by atoms with Gasteiger partial charge in [0.1, 0.15) is 5.75 Å². The molecular formula is C14H21F2NO3. The predicted octanol–water partition coefficient (Wildman–Crippen LogP) is 1.71. The second kappa shape index (κ2) is 7.52. The fourth-order valence-corrected chi connectivity index (χ4v) is 1.95. The highest BCUT2D eigenvalue weighted by Crippen LogP contribution is 2.19. The van der Waals surface area contributed by atoms with E-state index in [-0.39, 0.29) is 19.0 Å². The summed E-state index contributed by atoms with van der Waals surface area (Å²) >= 11 is 0. The normalized spacial score (nSPS) is 12.2. The van der Waals surface area contributed by atoms with Crippen LogP contribution < -0.4 is 4.74 Å². The Balaban J connectivity index is 2.55. The molecule has 1 aromatic rings. The lowest BCUT2D eigenvalue weighted by Crippen LogP contribution is -2.38. The Morgan fingerprint density at radius 2 is 1.75 bits per heavy atom. The highest BCUT2D eigenvalue weighted by atomic mass is 19.3. The van der Waals surface area contributed by atoms with E-state index in [1.165, 1.54) is 12.1 Å². The Morgan fingerprint density at radius 1 is 1.20 bits per heavy atom. The van der Waals surface area contributed by atoms with Gasteiger partial charge in [-0.2, -0.15) is 8.78 Å². The quantitative estimate of drug-likeness (QED) is 0.765. The number of ether oxygens (including phenoxy) is 1. The van der Waals surface area contributed by atoms with Crippen molar-refractivity contribution in [2.24, 2.45) is 5.41 Å². The van der Waals surface area contributed by atoms with Gasteiger partial charge in [0, 0.05) is 18.5 Å². The maximum absolute atomic E-state index is 12.0. The first kappa shape index (κ1) is 16.8. The molecule has 0 unspecified atom stereocenters. The van der Waals surface area contributed by atoms with Crippen LogP contribution in [0.25, 0.3) is 0 Å². The van der Waals surface area contributed by atoms with Gasteiger partial charge in [0.25, 0.3) is 0 Å². The fraction of sp³-hybridized carbons (Fsp3) is 0.571. The summed E-state index contributed by atoms with van der Waals surface area (Å²) in [7, 11) is 1.87. The number of hydrogen-bond donors (Lipinski definition) is 2. The first-order chi connectivity index (χ1) is 9.38. The molecule has 20 heavy (non-hydrogen) atoms. The summed E-state index contributed by atoms with van der Waals surface area (Å²) in [5.41, 5.74) is 0.375. The average Bonchev–Trinajstić information content (AvgIpc) is 2.40. The zero-order chi connectivity index (χ0) is 15.2. The molecule has 0 atom stereocenters. The molecule has 0 saturated heterocycles. The van der Waals surface area contributed by atoms with Crippen LogP contribution in [-0.2, 0) is 6.54 Å². The van der Waals surface area contributed by atoms with Crippen LogP contribution in [0.4, 0.5) is 8.78 Å². The molecule has 1 rings (SSSR count). The summed E-state index contributed by atoms with van der Waals surface area (Å²) < 4.78 is 28.3. The molecule has 0 aliphatic carbocycles. The standard InChI is InChI=1S/C14H21F2NO3/c1-14(9-18,10-19)8-17(2)7-11-3-5-12(6-4-11)20-13(15)16/h3-6,13,18-19H,7-10H2,1-2H3. The van der Waals surface area contributed by atoms with Crippen molar-refractivity contribution < 1.29 is 23.7 Å². The van der Waals surface area contributed by atoms with E-state index in [9.17, 15) is 19.0 Å². The van der Waals surface area contributed by atoms with Gasteiger partial charge in [-0.3, -0.25) is 0 Å². The molecule has 4 nitrogen and oxygen atoms in total. The first-order valence-corrected chi connectivity index (χ1v) is 6.32. The molecule has 0 amide bonds. The molecule has 0 heterocycles. The number of aliphatic hydroxyl groups excluding tert-OH is 2. The maximum atomic E-state index is 12.0. The predicted molar refractivity (Wildman–Crippen MR) is 71.7 cm³/mol. The third-order valence-corrected chi connectivity index (χ3v) is 3.02. The van der Waals surface area contributed by atoms with Crippen LogP contribution in [0.2, 0.25) is 0 Å². The minimum absolute atomic E-state index is 0.102. The summed E-state index contributed by atoms with van der Waals surface area (Å²) in [5, 5.41) is 18.5. The van der Waals surface area contributed by atoms with Gasteiger partial charge in [-0.25, -0.2) is 0 Å². The van der Waals surface area contributed by atoms with Crippen LogP contribution in [-0.4, -0.2) is 48.5 Å². The zero-order valence-electron chi connectivity index (χ0n) is 11.7. The van der Waals surface area contributed by atoms with Gasteiger partial charge in [-0.05, 0) is 24.7 Å². The van der Waals surface area contributed by atoms with E-state index in [0.29, 0.717) is 13.1 Å². The van der Waals surface area contributed by atoms with Crippen LogP contribution in [0.1, 0.15) is 12.5 Å². The highest BCUT2D eigenvalue weighted by molar-refractivity contribution is 5.27. The number of aliphatic hydroxyl groups is 2. The summed E-state index contributed by atoms with van der Waals surface area (Å²) in [6, 6.07) is 6.41. The molecule has 6 heteroatoms. The topological polar surface area (TPSA) is 52.9 Å². The summed E-state index contributed by atoms with van der Waals surface area (Å²) in [6.07, 6.45) is 0. The number of alkyl halides is 2. The molecule has 0 bridgehead atoms. The molecule has 0 aliphatic rings. The Bertz CT molecular complexity index is 394. The van der Waals surface area contributed by atoms with E-state index < -0.39 is 12.0 Å². The molecule has 0 radical (unpaired) electrons. The minimum Gasteiger partial charge on any atom is -0.435 e.